The zero-order valence-corrected chi connectivity index (χ0v) is 17.7. The second kappa shape index (κ2) is 10.9. The number of halogens is 1. The standard InChI is InChI=1S/C20H31BrN4O2/c1-22-20(23-10-5-12-26-15-17-6-4-13-27-17)24-16-9-11-25(14-16)19-8-3-2-7-18(19)21/h2-3,7-8,16-17H,4-6,9-15H2,1H3,(H2,22,23,24). The highest BCUT2D eigenvalue weighted by Crippen LogP contribution is 2.28. The van der Waals surface area contributed by atoms with Crippen LogP contribution in [-0.4, -0.2) is 64.6 Å². The Morgan fingerprint density at radius 1 is 1.37 bits per heavy atom. The molecule has 2 unspecified atom stereocenters. The van der Waals surface area contributed by atoms with Gasteiger partial charge in [-0.1, -0.05) is 12.1 Å². The number of ether oxygens (including phenoxy) is 2. The first-order valence-corrected chi connectivity index (χ1v) is 10.7. The van der Waals surface area contributed by atoms with Gasteiger partial charge in [-0.3, -0.25) is 4.99 Å². The summed E-state index contributed by atoms with van der Waals surface area (Å²) in [5.41, 5.74) is 1.26. The molecule has 150 valence electrons. The van der Waals surface area contributed by atoms with Gasteiger partial charge in [0.05, 0.1) is 18.4 Å². The van der Waals surface area contributed by atoms with Gasteiger partial charge in [0.1, 0.15) is 0 Å². The van der Waals surface area contributed by atoms with Crippen molar-refractivity contribution in [2.75, 3.05) is 51.4 Å². The van der Waals surface area contributed by atoms with E-state index in [0.29, 0.717) is 12.1 Å². The van der Waals surface area contributed by atoms with Crippen molar-refractivity contribution in [1.29, 1.82) is 0 Å². The minimum atomic E-state index is 0.308. The normalized spacial score (nSPS) is 23.0. The summed E-state index contributed by atoms with van der Waals surface area (Å²) >= 11 is 3.65. The van der Waals surface area contributed by atoms with Gasteiger partial charge in [-0.05, 0) is 53.7 Å². The monoisotopic (exact) mass is 438 g/mol. The molecule has 2 fully saturated rings. The summed E-state index contributed by atoms with van der Waals surface area (Å²) in [6, 6.07) is 8.80. The first-order valence-electron chi connectivity index (χ1n) is 9.92. The average Bonchev–Trinajstić information content (AvgIpc) is 3.36. The van der Waals surface area contributed by atoms with Gasteiger partial charge in [-0.15, -0.1) is 0 Å². The molecule has 2 atom stereocenters. The molecule has 0 amide bonds. The SMILES string of the molecule is CN=C(NCCCOCC1CCCO1)NC1CCN(c2ccccc2Br)C1. The lowest BCUT2D eigenvalue weighted by molar-refractivity contribution is 0.0168. The van der Waals surface area contributed by atoms with E-state index in [2.05, 4.69) is 60.7 Å². The van der Waals surface area contributed by atoms with Crippen LogP contribution in [0.15, 0.2) is 33.7 Å². The van der Waals surface area contributed by atoms with E-state index >= 15 is 0 Å². The Kier molecular flexibility index (Phi) is 8.23. The lowest BCUT2D eigenvalue weighted by atomic mass is 10.2. The molecule has 0 spiro atoms. The van der Waals surface area contributed by atoms with E-state index in [0.717, 1.165) is 75.6 Å². The van der Waals surface area contributed by atoms with E-state index in [4.69, 9.17) is 9.47 Å². The number of hydrogen-bond acceptors (Lipinski definition) is 4. The lowest BCUT2D eigenvalue weighted by Gasteiger charge is -2.21. The summed E-state index contributed by atoms with van der Waals surface area (Å²) in [7, 11) is 1.82. The van der Waals surface area contributed by atoms with Gasteiger partial charge in [0.15, 0.2) is 5.96 Å². The number of rotatable bonds is 8. The molecule has 0 aliphatic carbocycles. The van der Waals surface area contributed by atoms with Crippen molar-refractivity contribution in [3.05, 3.63) is 28.7 Å². The van der Waals surface area contributed by atoms with Gasteiger partial charge >= 0.3 is 0 Å². The summed E-state index contributed by atoms with van der Waals surface area (Å²) in [6.07, 6.45) is 4.67. The van der Waals surface area contributed by atoms with Crippen molar-refractivity contribution in [3.63, 3.8) is 0 Å². The molecule has 27 heavy (non-hydrogen) atoms. The molecule has 0 saturated carbocycles. The van der Waals surface area contributed by atoms with Crippen molar-refractivity contribution in [3.8, 4) is 0 Å². The molecule has 2 N–H and O–H groups in total. The Bertz CT molecular complexity index is 607. The summed E-state index contributed by atoms with van der Waals surface area (Å²) in [5, 5.41) is 6.93. The molecule has 2 aliphatic rings. The Balaban J connectivity index is 1.31. The summed E-state index contributed by atoms with van der Waals surface area (Å²) in [6.45, 7) is 5.24. The highest BCUT2D eigenvalue weighted by atomic mass is 79.9. The lowest BCUT2D eigenvalue weighted by Crippen LogP contribution is -2.45. The second-order valence-corrected chi connectivity index (χ2v) is 7.94. The topological polar surface area (TPSA) is 58.1 Å². The first-order chi connectivity index (χ1) is 13.3. The molecule has 0 radical (unpaired) electrons. The van der Waals surface area contributed by atoms with Crippen LogP contribution in [0.1, 0.15) is 25.7 Å². The van der Waals surface area contributed by atoms with E-state index in [1.807, 2.05) is 7.05 Å². The molecule has 0 bridgehead atoms. The van der Waals surface area contributed by atoms with Crippen LogP contribution in [0.4, 0.5) is 5.69 Å². The average molecular weight is 439 g/mol. The number of hydrogen-bond donors (Lipinski definition) is 2. The third kappa shape index (κ3) is 6.36. The van der Waals surface area contributed by atoms with Crippen LogP contribution >= 0.6 is 15.9 Å². The smallest absolute Gasteiger partial charge is 0.191 e. The van der Waals surface area contributed by atoms with Gasteiger partial charge in [0.25, 0.3) is 0 Å². The number of para-hydroxylation sites is 1. The minimum absolute atomic E-state index is 0.308. The quantitative estimate of drug-likeness (QED) is 0.371. The Morgan fingerprint density at radius 2 is 2.26 bits per heavy atom. The molecular formula is C20H31BrN4O2. The van der Waals surface area contributed by atoms with Crippen molar-refractivity contribution < 1.29 is 9.47 Å². The summed E-state index contributed by atoms with van der Waals surface area (Å²) in [4.78, 5) is 6.76. The Labute approximate surface area is 170 Å². The van der Waals surface area contributed by atoms with Crippen LogP contribution in [0.3, 0.4) is 0 Å². The van der Waals surface area contributed by atoms with E-state index < -0.39 is 0 Å². The number of anilines is 1. The number of guanidine groups is 1. The Morgan fingerprint density at radius 3 is 3.04 bits per heavy atom. The molecule has 6 nitrogen and oxygen atoms in total. The van der Waals surface area contributed by atoms with E-state index in [1.54, 1.807) is 0 Å². The zero-order chi connectivity index (χ0) is 18.9. The summed E-state index contributed by atoms with van der Waals surface area (Å²) in [5.74, 6) is 0.869. The van der Waals surface area contributed by atoms with Gasteiger partial charge in [-0.2, -0.15) is 0 Å². The fourth-order valence-corrected chi connectivity index (χ4v) is 4.10. The van der Waals surface area contributed by atoms with Crippen LogP contribution in [0.25, 0.3) is 0 Å². The van der Waals surface area contributed by atoms with Gasteiger partial charge < -0.3 is 25.0 Å². The molecule has 1 aromatic rings. The summed E-state index contributed by atoms with van der Waals surface area (Å²) < 4.78 is 12.4. The second-order valence-electron chi connectivity index (χ2n) is 7.09. The maximum absolute atomic E-state index is 5.70. The molecule has 7 heteroatoms. The molecule has 1 aromatic carbocycles. The van der Waals surface area contributed by atoms with Crippen molar-refractivity contribution in [2.45, 2.75) is 37.8 Å². The molecule has 2 heterocycles. The fourth-order valence-electron chi connectivity index (χ4n) is 3.56. The van der Waals surface area contributed by atoms with E-state index in [-0.39, 0.29) is 0 Å². The van der Waals surface area contributed by atoms with Crippen molar-refractivity contribution >= 4 is 27.6 Å². The van der Waals surface area contributed by atoms with Crippen LogP contribution < -0.4 is 15.5 Å². The fraction of sp³-hybridized carbons (Fsp3) is 0.650. The predicted molar refractivity (Wildman–Crippen MR) is 114 cm³/mol. The van der Waals surface area contributed by atoms with Crippen molar-refractivity contribution in [1.82, 2.24) is 10.6 Å². The van der Waals surface area contributed by atoms with Gasteiger partial charge in [0, 0.05) is 50.4 Å². The zero-order valence-electron chi connectivity index (χ0n) is 16.1. The van der Waals surface area contributed by atoms with Crippen LogP contribution in [-0.2, 0) is 9.47 Å². The van der Waals surface area contributed by atoms with Crippen molar-refractivity contribution in [2.24, 2.45) is 4.99 Å². The third-order valence-corrected chi connectivity index (χ3v) is 5.70. The third-order valence-electron chi connectivity index (χ3n) is 5.03. The number of aliphatic imine (C=N–C) groups is 1. The highest BCUT2D eigenvalue weighted by Gasteiger charge is 2.24. The predicted octanol–water partition coefficient (Wildman–Crippen LogP) is 2.78. The largest absolute Gasteiger partial charge is 0.379 e. The highest BCUT2D eigenvalue weighted by molar-refractivity contribution is 9.10. The number of nitrogens with zero attached hydrogens (tertiary/aromatic N) is 2. The number of nitrogens with one attached hydrogen (secondary N) is 2. The molecule has 3 rings (SSSR count). The van der Waals surface area contributed by atoms with Crippen LogP contribution in [0.5, 0.6) is 0 Å². The molecule has 2 aliphatic heterocycles. The minimum Gasteiger partial charge on any atom is -0.379 e. The van der Waals surface area contributed by atoms with Gasteiger partial charge in [-0.25, -0.2) is 0 Å². The molecule has 2 saturated heterocycles. The van der Waals surface area contributed by atoms with Crippen LogP contribution in [0, 0.1) is 0 Å². The molecular weight excluding hydrogens is 408 g/mol. The van der Waals surface area contributed by atoms with Crippen LogP contribution in [0.2, 0.25) is 0 Å². The van der Waals surface area contributed by atoms with Gasteiger partial charge in [0.2, 0.25) is 0 Å². The Hall–Kier alpha value is -1.31. The first kappa shape index (κ1) is 20.4. The molecule has 0 aromatic heterocycles. The maximum atomic E-state index is 5.70. The number of benzene rings is 1. The van der Waals surface area contributed by atoms with E-state index in [9.17, 15) is 0 Å². The maximum Gasteiger partial charge on any atom is 0.191 e. The van der Waals surface area contributed by atoms with E-state index in [1.165, 1.54) is 5.69 Å².